The van der Waals surface area contributed by atoms with Crippen molar-refractivity contribution < 1.29 is 14.7 Å². The third kappa shape index (κ3) is 4.04. The Labute approximate surface area is 125 Å². The number of β-amino-alcohol motifs (C(OH)–C–C–N with tert-alkyl or cyclic N) is 1. The van der Waals surface area contributed by atoms with Crippen molar-refractivity contribution in [2.24, 2.45) is 0 Å². The quantitative estimate of drug-likeness (QED) is 0.826. The Morgan fingerprint density at radius 2 is 1.95 bits per heavy atom. The van der Waals surface area contributed by atoms with Crippen molar-refractivity contribution in [3.63, 3.8) is 0 Å². The highest BCUT2D eigenvalue weighted by Crippen LogP contribution is 2.25. The Kier molecular flexibility index (Phi) is 4.96. The lowest BCUT2D eigenvalue weighted by Gasteiger charge is -2.46. The number of carbonyl (C=O) groups excluding carboxylic acids is 2. The second-order valence-corrected chi connectivity index (χ2v) is 5.60. The number of carbonyl (C=O) groups is 2. The van der Waals surface area contributed by atoms with Crippen molar-refractivity contribution in [2.45, 2.75) is 31.8 Å². The summed E-state index contributed by atoms with van der Waals surface area (Å²) in [5.41, 5.74) is -0.108. The molecular weight excluding hydrogens is 268 g/mol. The molecule has 1 saturated heterocycles. The summed E-state index contributed by atoms with van der Waals surface area (Å²) in [6.07, 6.45) is 1.90. The van der Waals surface area contributed by atoms with Crippen LogP contribution < -0.4 is 5.32 Å². The number of rotatable bonds is 6. The molecule has 1 aromatic carbocycles. The van der Waals surface area contributed by atoms with E-state index in [-0.39, 0.29) is 18.2 Å². The van der Waals surface area contributed by atoms with Crippen molar-refractivity contribution in [3.8, 4) is 0 Å². The smallest absolute Gasteiger partial charge is 0.251 e. The Bertz CT molecular complexity index is 496. The van der Waals surface area contributed by atoms with Gasteiger partial charge in [-0.1, -0.05) is 31.5 Å². The molecular formula is C16H22N2O3. The van der Waals surface area contributed by atoms with E-state index in [9.17, 15) is 14.7 Å². The molecule has 0 aliphatic carbocycles. The fourth-order valence-corrected chi connectivity index (χ4v) is 2.60. The Balaban J connectivity index is 1.68. The molecule has 1 aliphatic heterocycles. The SMILES string of the molecule is CCCC1(O)CN(C(=O)CCNC(=O)c2ccccc2)C1. The zero-order valence-corrected chi connectivity index (χ0v) is 12.3. The highest BCUT2D eigenvalue weighted by Gasteiger charge is 2.42. The minimum Gasteiger partial charge on any atom is -0.386 e. The Hall–Kier alpha value is -1.88. The van der Waals surface area contributed by atoms with Crippen LogP contribution in [0.2, 0.25) is 0 Å². The zero-order valence-electron chi connectivity index (χ0n) is 12.3. The lowest BCUT2D eigenvalue weighted by Crippen LogP contribution is -2.63. The number of aliphatic hydroxyl groups is 1. The van der Waals surface area contributed by atoms with Crippen LogP contribution in [0, 0.1) is 0 Å². The molecule has 5 nitrogen and oxygen atoms in total. The maximum absolute atomic E-state index is 11.9. The average molecular weight is 290 g/mol. The standard InChI is InChI=1S/C16H22N2O3/c1-2-9-16(21)11-18(12-16)14(19)8-10-17-15(20)13-6-4-3-5-7-13/h3-7,21H,2,8-12H2,1H3,(H,17,20). The fourth-order valence-electron chi connectivity index (χ4n) is 2.60. The minimum absolute atomic E-state index is 0.0239. The molecule has 1 aromatic rings. The molecule has 0 saturated carbocycles. The van der Waals surface area contributed by atoms with Crippen LogP contribution in [0.15, 0.2) is 30.3 Å². The molecule has 2 rings (SSSR count). The highest BCUT2D eigenvalue weighted by atomic mass is 16.3. The van der Waals surface area contributed by atoms with Crippen LogP contribution in [0.1, 0.15) is 36.5 Å². The topological polar surface area (TPSA) is 69.6 Å². The zero-order chi connectivity index (χ0) is 15.3. The second kappa shape index (κ2) is 6.72. The molecule has 0 spiro atoms. The summed E-state index contributed by atoms with van der Waals surface area (Å²) in [5.74, 6) is -0.196. The summed E-state index contributed by atoms with van der Waals surface area (Å²) in [5, 5.41) is 12.8. The van der Waals surface area contributed by atoms with Gasteiger partial charge in [-0.05, 0) is 18.6 Å². The summed E-state index contributed by atoms with van der Waals surface area (Å²) >= 11 is 0. The van der Waals surface area contributed by atoms with Crippen molar-refractivity contribution >= 4 is 11.8 Å². The Morgan fingerprint density at radius 1 is 1.29 bits per heavy atom. The van der Waals surface area contributed by atoms with Gasteiger partial charge in [0.1, 0.15) is 0 Å². The van der Waals surface area contributed by atoms with Gasteiger partial charge >= 0.3 is 0 Å². The summed E-state index contributed by atoms with van der Waals surface area (Å²) in [6, 6.07) is 8.92. The molecule has 0 unspecified atom stereocenters. The lowest BCUT2D eigenvalue weighted by molar-refractivity contribution is -0.156. The highest BCUT2D eigenvalue weighted by molar-refractivity contribution is 5.94. The number of hydrogen-bond donors (Lipinski definition) is 2. The molecule has 0 aromatic heterocycles. The molecule has 1 aliphatic rings. The van der Waals surface area contributed by atoms with Crippen LogP contribution >= 0.6 is 0 Å². The van der Waals surface area contributed by atoms with Gasteiger partial charge in [0.05, 0.1) is 18.7 Å². The van der Waals surface area contributed by atoms with E-state index in [1.54, 1.807) is 29.2 Å². The van der Waals surface area contributed by atoms with E-state index in [0.717, 1.165) is 12.8 Å². The van der Waals surface area contributed by atoms with E-state index in [2.05, 4.69) is 5.32 Å². The average Bonchev–Trinajstić information content (AvgIpc) is 2.45. The first-order chi connectivity index (χ1) is 10.0. The van der Waals surface area contributed by atoms with Gasteiger partial charge in [0, 0.05) is 18.5 Å². The van der Waals surface area contributed by atoms with E-state index >= 15 is 0 Å². The first kappa shape index (κ1) is 15.5. The predicted molar refractivity (Wildman–Crippen MR) is 79.8 cm³/mol. The third-order valence-corrected chi connectivity index (χ3v) is 3.70. The van der Waals surface area contributed by atoms with E-state index in [0.29, 0.717) is 25.2 Å². The van der Waals surface area contributed by atoms with E-state index in [1.165, 1.54) is 0 Å². The molecule has 5 heteroatoms. The van der Waals surface area contributed by atoms with E-state index < -0.39 is 5.60 Å². The van der Waals surface area contributed by atoms with Gasteiger partial charge in [-0.15, -0.1) is 0 Å². The first-order valence-corrected chi connectivity index (χ1v) is 7.37. The number of hydrogen-bond acceptors (Lipinski definition) is 3. The number of likely N-dealkylation sites (tertiary alicyclic amines) is 1. The van der Waals surface area contributed by atoms with E-state index in [1.807, 2.05) is 13.0 Å². The van der Waals surface area contributed by atoms with Gasteiger partial charge in [0.15, 0.2) is 0 Å². The molecule has 2 N–H and O–H groups in total. The van der Waals surface area contributed by atoms with Gasteiger partial charge in [-0.25, -0.2) is 0 Å². The minimum atomic E-state index is -0.697. The summed E-state index contributed by atoms with van der Waals surface area (Å²) < 4.78 is 0. The van der Waals surface area contributed by atoms with Gasteiger partial charge in [-0.2, -0.15) is 0 Å². The number of benzene rings is 1. The van der Waals surface area contributed by atoms with E-state index in [4.69, 9.17) is 0 Å². The summed E-state index contributed by atoms with van der Waals surface area (Å²) in [7, 11) is 0. The molecule has 0 atom stereocenters. The monoisotopic (exact) mass is 290 g/mol. The normalized spacial score (nSPS) is 16.2. The second-order valence-electron chi connectivity index (χ2n) is 5.60. The van der Waals surface area contributed by atoms with Crippen LogP contribution in [-0.2, 0) is 4.79 Å². The summed E-state index contributed by atoms with van der Waals surface area (Å²) in [4.78, 5) is 25.3. The molecule has 21 heavy (non-hydrogen) atoms. The van der Waals surface area contributed by atoms with Gasteiger partial charge in [-0.3, -0.25) is 9.59 Å². The third-order valence-electron chi connectivity index (χ3n) is 3.70. The Morgan fingerprint density at radius 3 is 2.57 bits per heavy atom. The van der Waals surface area contributed by atoms with Crippen LogP contribution in [0.5, 0.6) is 0 Å². The molecule has 114 valence electrons. The number of nitrogens with zero attached hydrogens (tertiary/aromatic N) is 1. The number of amides is 2. The first-order valence-electron chi connectivity index (χ1n) is 7.37. The largest absolute Gasteiger partial charge is 0.386 e. The molecule has 0 radical (unpaired) electrons. The molecule has 2 amide bonds. The van der Waals surface area contributed by atoms with Crippen LogP contribution in [0.25, 0.3) is 0 Å². The molecule has 1 heterocycles. The van der Waals surface area contributed by atoms with Gasteiger partial charge < -0.3 is 15.3 Å². The molecule has 0 bridgehead atoms. The van der Waals surface area contributed by atoms with Crippen molar-refractivity contribution in [1.82, 2.24) is 10.2 Å². The lowest BCUT2D eigenvalue weighted by atomic mass is 9.89. The number of nitrogens with one attached hydrogen (secondary N) is 1. The summed E-state index contributed by atoms with van der Waals surface area (Å²) in [6.45, 7) is 3.15. The maximum atomic E-state index is 11.9. The van der Waals surface area contributed by atoms with Crippen LogP contribution in [0.4, 0.5) is 0 Å². The molecule has 1 fully saturated rings. The van der Waals surface area contributed by atoms with Crippen LogP contribution in [0.3, 0.4) is 0 Å². The van der Waals surface area contributed by atoms with Gasteiger partial charge in [0.2, 0.25) is 5.91 Å². The van der Waals surface area contributed by atoms with Gasteiger partial charge in [0.25, 0.3) is 5.91 Å². The van der Waals surface area contributed by atoms with Crippen molar-refractivity contribution in [1.29, 1.82) is 0 Å². The van der Waals surface area contributed by atoms with Crippen molar-refractivity contribution in [3.05, 3.63) is 35.9 Å². The predicted octanol–water partition coefficient (Wildman–Crippen LogP) is 1.18. The van der Waals surface area contributed by atoms with Crippen molar-refractivity contribution in [2.75, 3.05) is 19.6 Å². The van der Waals surface area contributed by atoms with Crippen LogP contribution in [-0.4, -0.2) is 47.1 Å². The fraction of sp³-hybridized carbons (Fsp3) is 0.500. The maximum Gasteiger partial charge on any atom is 0.251 e.